The summed E-state index contributed by atoms with van der Waals surface area (Å²) in [4.78, 5) is 0. The minimum Gasteiger partial charge on any atom is -0.382 e. The highest BCUT2D eigenvalue weighted by Crippen LogP contribution is 2.35. The second kappa shape index (κ2) is 13.7. The molecule has 0 aliphatic rings. The molecule has 0 heterocycles. The zero-order chi connectivity index (χ0) is 32.8. The lowest BCUT2D eigenvalue weighted by Gasteiger charge is -2.19. The van der Waals surface area contributed by atoms with E-state index in [0.717, 1.165) is 62.8 Å². The van der Waals surface area contributed by atoms with Crippen molar-refractivity contribution in [1.82, 2.24) is 0 Å². The maximum Gasteiger partial charge on any atom is 0.416 e. The Morgan fingerprint density at radius 3 is 1.62 bits per heavy atom. The minimum absolute atomic E-state index is 0.375. The van der Waals surface area contributed by atoms with Gasteiger partial charge in [0.15, 0.2) is 0 Å². The van der Waals surface area contributed by atoms with Crippen LogP contribution in [0.5, 0.6) is 0 Å². The fourth-order valence-corrected chi connectivity index (χ4v) is 5.13. The minimum atomic E-state index is -4.37. The number of benzene rings is 6. The van der Waals surface area contributed by atoms with Crippen molar-refractivity contribution in [2.75, 3.05) is 27.0 Å². The van der Waals surface area contributed by atoms with Crippen LogP contribution in [0.1, 0.15) is 25.8 Å². The number of fused-ring (bicyclic) bond motifs is 2. The molecule has 0 aromatic heterocycles. The van der Waals surface area contributed by atoms with Gasteiger partial charge < -0.3 is 27.0 Å². The number of nitrogens with one attached hydrogen (secondary N) is 5. The molecule has 0 aliphatic carbocycles. The van der Waals surface area contributed by atoms with Crippen LogP contribution in [0, 0.1) is 0 Å². The number of azo groups is 1. The van der Waals surface area contributed by atoms with Gasteiger partial charge in [0, 0.05) is 33.3 Å². The van der Waals surface area contributed by atoms with Gasteiger partial charge in [-0.25, -0.2) is 0 Å². The molecule has 0 saturated carbocycles. The van der Waals surface area contributed by atoms with Crippen molar-refractivity contribution in [2.24, 2.45) is 10.2 Å². The zero-order valence-corrected chi connectivity index (χ0v) is 25.9. The molecular weight excluding hydrogens is 599 g/mol. The summed E-state index contributed by atoms with van der Waals surface area (Å²) in [6.07, 6.45) is -3.33. The molecule has 47 heavy (non-hydrogen) atoms. The number of rotatable bonds is 11. The summed E-state index contributed by atoms with van der Waals surface area (Å²) in [7, 11) is 0. The Kier molecular flexibility index (Phi) is 9.10. The van der Waals surface area contributed by atoms with Crippen LogP contribution < -0.4 is 27.0 Å². The molecule has 5 N–H and O–H groups in total. The smallest absolute Gasteiger partial charge is 0.382 e. The number of halogens is 3. The Morgan fingerprint density at radius 2 is 1.04 bits per heavy atom. The summed E-state index contributed by atoms with van der Waals surface area (Å²) < 4.78 is 38.4. The van der Waals surface area contributed by atoms with E-state index in [2.05, 4.69) is 81.4 Å². The van der Waals surface area contributed by atoms with Crippen LogP contribution in [0.25, 0.3) is 21.5 Å². The molecule has 0 spiro atoms. The van der Waals surface area contributed by atoms with Crippen molar-refractivity contribution in [2.45, 2.75) is 32.5 Å². The number of nitrogens with zero attached hydrogens (tertiary/aromatic N) is 2. The summed E-state index contributed by atoms with van der Waals surface area (Å²) in [5, 5.41) is 16.8. The van der Waals surface area contributed by atoms with E-state index in [0.29, 0.717) is 23.1 Å². The molecule has 6 rings (SSSR count). The van der Waals surface area contributed by atoms with Crippen molar-refractivity contribution in [3.8, 4) is 0 Å². The van der Waals surface area contributed by atoms with Crippen molar-refractivity contribution >= 4 is 61.4 Å². The first-order chi connectivity index (χ1) is 22.8. The van der Waals surface area contributed by atoms with E-state index < -0.39 is 11.7 Å². The highest BCUT2D eigenvalue weighted by Gasteiger charge is 2.29. The average Bonchev–Trinajstić information content (AvgIpc) is 3.10. The third-order valence-electron chi connectivity index (χ3n) is 7.88. The largest absolute Gasteiger partial charge is 0.416 e. The number of hydrogen-bond donors (Lipinski definition) is 5. The normalized spacial score (nSPS) is 12.3. The van der Waals surface area contributed by atoms with Gasteiger partial charge in [0.1, 0.15) is 0 Å². The van der Waals surface area contributed by atoms with Crippen LogP contribution in [0.3, 0.4) is 0 Å². The van der Waals surface area contributed by atoms with E-state index in [4.69, 9.17) is 0 Å². The molecule has 6 aromatic rings. The van der Waals surface area contributed by atoms with Gasteiger partial charge in [0.2, 0.25) is 0 Å². The first kappa shape index (κ1) is 31.2. The fraction of sp³-hybridized carbons (Fsp3) is 0.135. The van der Waals surface area contributed by atoms with Crippen molar-refractivity contribution in [1.29, 1.82) is 0 Å². The molecule has 6 aromatic carbocycles. The molecule has 0 fully saturated rings. The van der Waals surface area contributed by atoms with E-state index >= 15 is 0 Å². The number of alkyl halides is 3. The maximum absolute atomic E-state index is 12.8. The quantitative estimate of drug-likeness (QED) is 0.0724. The Labute approximate surface area is 270 Å². The topological polar surface area (TPSA) is 84.9 Å². The lowest BCUT2D eigenvalue weighted by Crippen LogP contribution is -2.14. The predicted molar refractivity (Wildman–Crippen MR) is 188 cm³/mol. The highest BCUT2D eigenvalue weighted by atomic mass is 19.4. The molecular formula is C37H34F3N7. The van der Waals surface area contributed by atoms with Crippen LogP contribution in [-0.2, 0) is 6.18 Å². The Balaban J connectivity index is 1.13. The molecule has 238 valence electrons. The van der Waals surface area contributed by atoms with Crippen LogP contribution in [0.15, 0.2) is 132 Å². The number of hydrazine groups is 2. The molecule has 0 aliphatic heterocycles. The second-order valence-electron chi connectivity index (χ2n) is 11.2. The van der Waals surface area contributed by atoms with E-state index in [1.54, 1.807) is 24.3 Å². The summed E-state index contributed by atoms with van der Waals surface area (Å²) in [5.74, 6) is 0. The summed E-state index contributed by atoms with van der Waals surface area (Å²) in [6.45, 7) is 4.35. The molecule has 0 bridgehead atoms. The molecule has 1 atom stereocenters. The van der Waals surface area contributed by atoms with Crippen LogP contribution >= 0.6 is 0 Å². The average molecular weight is 634 g/mol. The first-order valence-corrected chi connectivity index (χ1v) is 15.3. The second-order valence-corrected chi connectivity index (χ2v) is 11.2. The van der Waals surface area contributed by atoms with Crippen molar-refractivity contribution < 1.29 is 13.2 Å². The SMILES string of the molecule is CCC(C)Nc1ccc(NNc2ccc(N=Nc3ccc(NNc4ccc(C(F)(F)F)cc4)cc3)c3ccccc23)c2ccccc12. The molecule has 0 saturated heterocycles. The van der Waals surface area contributed by atoms with Crippen molar-refractivity contribution in [3.05, 3.63) is 127 Å². The molecule has 0 amide bonds. The lowest BCUT2D eigenvalue weighted by atomic mass is 10.1. The molecule has 0 radical (unpaired) electrons. The summed E-state index contributed by atoms with van der Waals surface area (Å²) in [5.41, 5.74) is 17.6. The van der Waals surface area contributed by atoms with Gasteiger partial charge in [-0.05, 0) is 86.1 Å². The van der Waals surface area contributed by atoms with E-state index in [9.17, 15) is 13.2 Å². The first-order valence-electron chi connectivity index (χ1n) is 15.3. The van der Waals surface area contributed by atoms with Crippen molar-refractivity contribution in [3.63, 3.8) is 0 Å². The standard InChI is InChI=1S/C37H34F3N7/c1-3-24(2)41-33-20-21-35(30-9-5-4-8-29(30)33)46-47-36-23-22-34(31-10-6-7-11-32(31)36)45-44-28-18-16-27(17-19-28)43-42-26-14-12-25(13-15-26)37(38,39)40/h4-24,41-43,46-47H,3H2,1-2H3. The predicted octanol–water partition coefficient (Wildman–Crippen LogP) is 11.5. The van der Waals surface area contributed by atoms with E-state index in [1.807, 2.05) is 42.5 Å². The van der Waals surface area contributed by atoms with Gasteiger partial charge in [0.05, 0.1) is 39.7 Å². The van der Waals surface area contributed by atoms with Gasteiger partial charge in [-0.15, -0.1) is 5.11 Å². The van der Waals surface area contributed by atoms with E-state index in [1.165, 1.54) is 12.1 Å². The molecule has 10 heteroatoms. The Morgan fingerprint density at radius 1 is 0.553 bits per heavy atom. The van der Waals surface area contributed by atoms with Crippen LogP contribution in [0.2, 0.25) is 0 Å². The van der Waals surface area contributed by atoms with Crippen LogP contribution in [-0.4, -0.2) is 6.04 Å². The number of anilines is 5. The van der Waals surface area contributed by atoms with Gasteiger partial charge in [0.25, 0.3) is 0 Å². The third kappa shape index (κ3) is 7.38. The monoisotopic (exact) mass is 633 g/mol. The Bertz CT molecular complexity index is 2010. The zero-order valence-electron chi connectivity index (χ0n) is 25.9. The van der Waals surface area contributed by atoms with Gasteiger partial charge in [-0.3, -0.25) is 0 Å². The summed E-state index contributed by atoms with van der Waals surface area (Å²) in [6, 6.07) is 36.8. The summed E-state index contributed by atoms with van der Waals surface area (Å²) >= 11 is 0. The van der Waals surface area contributed by atoms with Gasteiger partial charge >= 0.3 is 6.18 Å². The fourth-order valence-electron chi connectivity index (χ4n) is 5.13. The van der Waals surface area contributed by atoms with Gasteiger partial charge in [-0.2, -0.15) is 18.3 Å². The maximum atomic E-state index is 12.8. The van der Waals surface area contributed by atoms with Gasteiger partial charge in [-0.1, -0.05) is 55.5 Å². The molecule has 1 unspecified atom stereocenters. The highest BCUT2D eigenvalue weighted by molar-refractivity contribution is 6.04. The third-order valence-corrected chi connectivity index (χ3v) is 7.88. The molecule has 7 nitrogen and oxygen atoms in total. The van der Waals surface area contributed by atoms with E-state index in [-0.39, 0.29) is 0 Å². The lowest BCUT2D eigenvalue weighted by molar-refractivity contribution is -0.137. The Hall–Kier alpha value is -5.77. The number of hydrogen-bond acceptors (Lipinski definition) is 7. The van der Waals surface area contributed by atoms with Crippen LogP contribution in [0.4, 0.5) is 53.0 Å².